The molecule has 0 aliphatic heterocycles. The van der Waals surface area contributed by atoms with Gasteiger partial charge >= 0.3 is 0 Å². The Hall–Kier alpha value is -1.52. The van der Waals surface area contributed by atoms with Gasteiger partial charge in [0.25, 0.3) is 0 Å². The van der Waals surface area contributed by atoms with E-state index in [1.165, 1.54) is 23.9 Å². The summed E-state index contributed by atoms with van der Waals surface area (Å²) in [5.74, 6) is -0.0185. The molecule has 0 saturated heterocycles. The molecule has 1 atom stereocenters. The van der Waals surface area contributed by atoms with Crippen molar-refractivity contribution >= 4 is 29.3 Å². The maximum Gasteiger partial charge on any atom is 0.230 e. The van der Waals surface area contributed by atoms with Crippen LogP contribution in [0.2, 0.25) is 5.02 Å². The maximum atomic E-state index is 12.8. The highest BCUT2D eigenvalue weighted by Gasteiger charge is 2.10. The molecule has 2 rings (SSSR count). The predicted octanol–water partition coefficient (Wildman–Crippen LogP) is 4.45. The zero-order chi connectivity index (χ0) is 15.2. The fraction of sp³-hybridized carbons (Fsp3) is 0.188. The average Bonchev–Trinajstić information content (AvgIpc) is 2.47. The second kappa shape index (κ2) is 7.48. The standard InChI is InChI=1S/C16H15ClFNOS/c1-11(12-2-6-14(18)7-3-12)19-16(20)10-21-15-8-4-13(17)5-9-15/h2-9,11H,10H2,1H3,(H,19,20)/t11-/m0/s1. The number of hydrogen-bond donors (Lipinski definition) is 1. The van der Waals surface area contributed by atoms with E-state index in [1.807, 2.05) is 19.1 Å². The van der Waals surface area contributed by atoms with Gasteiger partial charge in [-0.3, -0.25) is 4.79 Å². The minimum Gasteiger partial charge on any atom is -0.349 e. The first kappa shape index (κ1) is 15.9. The fourth-order valence-electron chi connectivity index (χ4n) is 1.80. The van der Waals surface area contributed by atoms with E-state index in [9.17, 15) is 9.18 Å². The second-order valence-corrected chi connectivity index (χ2v) is 6.07. The zero-order valence-corrected chi connectivity index (χ0v) is 13.0. The molecule has 2 nitrogen and oxygen atoms in total. The molecule has 5 heteroatoms. The smallest absolute Gasteiger partial charge is 0.230 e. The quantitative estimate of drug-likeness (QED) is 0.824. The lowest BCUT2D eigenvalue weighted by Crippen LogP contribution is -2.28. The Morgan fingerprint density at radius 2 is 1.81 bits per heavy atom. The summed E-state index contributed by atoms with van der Waals surface area (Å²) in [6, 6.07) is 13.3. The van der Waals surface area contributed by atoms with Crippen LogP contribution in [0.25, 0.3) is 0 Å². The van der Waals surface area contributed by atoms with E-state index in [1.54, 1.807) is 24.3 Å². The van der Waals surface area contributed by atoms with Crippen LogP contribution in [0.1, 0.15) is 18.5 Å². The van der Waals surface area contributed by atoms with Gasteiger partial charge < -0.3 is 5.32 Å². The van der Waals surface area contributed by atoms with Gasteiger partial charge in [0, 0.05) is 9.92 Å². The lowest BCUT2D eigenvalue weighted by Gasteiger charge is -2.14. The molecule has 2 aromatic carbocycles. The topological polar surface area (TPSA) is 29.1 Å². The normalized spacial score (nSPS) is 12.0. The number of benzene rings is 2. The molecule has 1 amide bonds. The Labute approximate surface area is 132 Å². The first-order valence-corrected chi connectivity index (χ1v) is 7.84. The summed E-state index contributed by atoms with van der Waals surface area (Å²) in [5, 5.41) is 3.56. The molecule has 21 heavy (non-hydrogen) atoms. The highest BCUT2D eigenvalue weighted by atomic mass is 35.5. The van der Waals surface area contributed by atoms with Crippen LogP contribution in [0, 0.1) is 5.82 Å². The number of amides is 1. The van der Waals surface area contributed by atoms with Gasteiger partial charge in [-0.25, -0.2) is 4.39 Å². The van der Waals surface area contributed by atoms with Gasteiger partial charge in [0.05, 0.1) is 11.8 Å². The molecule has 2 aromatic rings. The first-order valence-electron chi connectivity index (χ1n) is 6.48. The molecule has 0 saturated carbocycles. The summed E-state index contributed by atoms with van der Waals surface area (Å²) in [6.07, 6.45) is 0. The summed E-state index contributed by atoms with van der Waals surface area (Å²) in [6.45, 7) is 1.87. The van der Waals surface area contributed by atoms with E-state index in [2.05, 4.69) is 5.32 Å². The Bertz CT molecular complexity index is 601. The van der Waals surface area contributed by atoms with Crippen LogP contribution in [0.3, 0.4) is 0 Å². The molecule has 110 valence electrons. The molecular weight excluding hydrogens is 309 g/mol. The Morgan fingerprint density at radius 3 is 2.43 bits per heavy atom. The Balaban J connectivity index is 1.83. The number of carbonyl (C=O) groups is 1. The van der Waals surface area contributed by atoms with Crippen LogP contribution in [-0.4, -0.2) is 11.7 Å². The molecule has 0 aromatic heterocycles. The van der Waals surface area contributed by atoms with Crippen molar-refractivity contribution in [1.29, 1.82) is 0 Å². The van der Waals surface area contributed by atoms with Gasteiger partial charge in [0.2, 0.25) is 5.91 Å². The molecule has 0 fully saturated rings. The summed E-state index contributed by atoms with van der Waals surface area (Å²) in [4.78, 5) is 12.9. The minimum absolute atomic E-state index is 0.0632. The number of thioether (sulfide) groups is 1. The number of hydrogen-bond acceptors (Lipinski definition) is 2. The molecule has 0 unspecified atom stereocenters. The number of nitrogens with one attached hydrogen (secondary N) is 1. The number of carbonyl (C=O) groups excluding carboxylic acids is 1. The van der Waals surface area contributed by atoms with Gasteiger partial charge in [-0.05, 0) is 48.9 Å². The van der Waals surface area contributed by atoms with Gasteiger partial charge in [-0.1, -0.05) is 23.7 Å². The largest absolute Gasteiger partial charge is 0.349 e. The maximum absolute atomic E-state index is 12.8. The van der Waals surface area contributed by atoms with E-state index in [0.29, 0.717) is 10.8 Å². The zero-order valence-electron chi connectivity index (χ0n) is 11.5. The fourth-order valence-corrected chi connectivity index (χ4v) is 2.63. The third-order valence-corrected chi connectivity index (χ3v) is 4.20. The molecule has 0 radical (unpaired) electrons. The van der Waals surface area contributed by atoms with Crippen molar-refractivity contribution in [3.8, 4) is 0 Å². The summed E-state index contributed by atoms with van der Waals surface area (Å²) in [5.41, 5.74) is 0.876. The van der Waals surface area contributed by atoms with Crippen molar-refractivity contribution in [2.75, 3.05) is 5.75 Å². The lowest BCUT2D eigenvalue weighted by atomic mass is 10.1. The SMILES string of the molecule is C[C@H](NC(=O)CSc1ccc(Cl)cc1)c1ccc(F)cc1. The van der Waals surface area contributed by atoms with Crippen molar-refractivity contribution in [2.45, 2.75) is 17.9 Å². The molecular formula is C16H15ClFNOS. The monoisotopic (exact) mass is 323 g/mol. The lowest BCUT2D eigenvalue weighted by molar-refractivity contribution is -0.119. The Kier molecular flexibility index (Phi) is 5.65. The van der Waals surface area contributed by atoms with Gasteiger partial charge in [-0.2, -0.15) is 0 Å². The van der Waals surface area contributed by atoms with E-state index >= 15 is 0 Å². The molecule has 0 heterocycles. The molecule has 0 aliphatic carbocycles. The van der Waals surface area contributed by atoms with Crippen molar-refractivity contribution < 1.29 is 9.18 Å². The van der Waals surface area contributed by atoms with Crippen molar-refractivity contribution in [2.24, 2.45) is 0 Å². The summed E-state index contributed by atoms with van der Waals surface area (Å²) >= 11 is 7.25. The van der Waals surface area contributed by atoms with Crippen LogP contribution >= 0.6 is 23.4 Å². The molecule has 0 spiro atoms. The first-order chi connectivity index (χ1) is 10.0. The van der Waals surface area contributed by atoms with E-state index in [4.69, 9.17) is 11.6 Å². The molecule has 0 bridgehead atoms. The third-order valence-electron chi connectivity index (χ3n) is 2.93. The van der Waals surface area contributed by atoms with Crippen LogP contribution in [-0.2, 0) is 4.79 Å². The number of rotatable bonds is 5. The van der Waals surface area contributed by atoms with Gasteiger partial charge in [-0.15, -0.1) is 11.8 Å². The molecule has 0 aliphatic rings. The van der Waals surface area contributed by atoms with Crippen LogP contribution in [0.4, 0.5) is 4.39 Å². The molecule has 1 N–H and O–H groups in total. The van der Waals surface area contributed by atoms with Crippen molar-refractivity contribution in [3.63, 3.8) is 0 Å². The third kappa shape index (κ3) is 5.06. The predicted molar refractivity (Wildman–Crippen MR) is 85.1 cm³/mol. The summed E-state index contributed by atoms with van der Waals surface area (Å²) < 4.78 is 12.8. The Morgan fingerprint density at radius 1 is 1.19 bits per heavy atom. The van der Waals surface area contributed by atoms with E-state index in [-0.39, 0.29) is 17.8 Å². The van der Waals surface area contributed by atoms with Gasteiger partial charge in [0.1, 0.15) is 5.82 Å². The van der Waals surface area contributed by atoms with E-state index in [0.717, 1.165) is 10.5 Å². The second-order valence-electron chi connectivity index (χ2n) is 4.58. The van der Waals surface area contributed by atoms with E-state index < -0.39 is 0 Å². The highest BCUT2D eigenvalue weighted by molar-refractivity contribution is 8.00. The number of halogens is 2. The average molecular weight is 324 g/mol. The van der Waals surface area contributed by atoms with Gasteiger partial charge in [0.15, 0.2) is 0 Å². The summed E-state index contributed by atoms with van der Waals surface area (Å²) in [7, 11) is 0. The minimum atomic E-state index is -0.282. The van der Waals surface area contributed by atoms with Crippen molar-refractivity contribution in [1.82, 2.24) is 5.32 Å². The van der Waals surface area contributed by atoms with Crippen molar-refractivity contribution in [3.05, 3.63) is 64.9 Å². The highest BCUT2D eigenvalue weighted by Crippen LogP contribution is 2.20. The van der Waals surface area contributed by atoms with Crippen LogP contribution in [0.15, 0.2) is 53.4 Å². The van der Waals surface area contributed by atoms with Crippen LogP contribution in [0.5, 0.6) is 0 Å². The van der Waals surface area contributed by atoms with Crippen LogP contribution < -0.4 is 5.32 Å².